The molecule has 2 rings (SSSR count). The number of phenolic OH excluding ortho intramolecular Hbond substituents is 2. The molecule has 0 radical (unpaired) electrons. The zero-order valence-electron chi connectivity index (χ0n) is 14.5. The highest BCUT2D eigenvalue weighted by Crippen LogP contribution is 2.36. The van der Waals surface area contributed by atoms with Crippen molar-refractivity contribution in [1.82, 2.24) is 0 Å². The highest BCUT2D eigenvalue weighted by Gasteiger charge is 2.34. The maximum atomic E-state index is 12.8. The molecule has 0 saturated carbocycles. The summed E-state index contributed by atoms with van der Waals surface area (Å²) in [4.78, 5) is 25.2. The predicted octanol–water partition coefficient (Wildman–Crippen LogP) is 2.79. The fraction of sp³-hybridized carbons (Fsp3) is 0.368. The molecule has 1 aromatic rings. The van der Waals surface area contributed by atoms with Gasteiger partial charge in [0.25, 0.3) is 0 Å². The van der Waals surface area contributed by atoms with Crippen LogP contribution in [-0.4, -0.2) is 48.2 Å². The van der Waals surface area contributed by atoms with Gasteiger partial charge >= 0.3 is 0 Å². The van der Waals surface area contributed by atoms with E-state index < -0.39 is 17.7 Å². The summed E-state index contributed by atoms with van der Waals surface area (Å²) in [6.45, 7) is 4.46. The van der Waals surface area contributed by atoms with E-state index in [9.17, 15) is 19.8 Å². The fourth-order valence-electron chi connectivity index (χ4n) is 2.62. The number of aromatic hydroxyl groups is 2. The summed E-state index contributed by atoms with van der Waals surface area (Å²) in [6, 6.07) is 2.38. The number of benzene rings is 1. The summed E-state index contributed by atoms with van der Waals surface area (Å²) in [5, 5.41) is 19.9. The van der Waals surface area contributed by atoms with Gasteiger partial charge in [0.15, 0.2) is 11.6 Å². The molecule has 0 saturated heterocycles. The van der Waals surface area contributed by atoms with Crippen molar-refractivity contribution in [2.75, 3.05) is 20.3 Å². The minimum Gasteiger partial charge on any atom is -0.507 e. The van der Waals surface area contributed by atoms with Gasteiger partial charge in [-0.1, -0.05) is 11.6 Å². The standard InChI is InChI=1S/C19H22O6/c1-11(2)4-7-16(25-9-8-24-3)12-10-15(22)17-13(20)5-6-14(21)18(17)19(12)23/h4-6,10,16,20-21H,7-9H2,1-3H3/t16-/m1/s1. The minimum absolute atomic E-state index is 0.159. The number of phenols is 2. The molecule has 2 N–H and O–H groups in total. The van der Waals surface area contributed by atoms with Crippen molar-refractivity contribution < 1.29 is 29.3 Å². The van der Waals surface area contributed by atoms with Crippen molar-refractivity contribution in [3.63, 3.8) is 0 Å². The molecule has 0 heterocycles. The number of carbonyl (C=O) groups is 2. The summed E-state index contributed by atoms with van der Waals surface area (Å²) < 4.78 is 10.7. The number of methoxy groups -OCH3 is 1. The van der Waals surface area contributed by atoms with Gasteiger partial charge in [-0.25, -0.2) is 0 Å². The van der Waals surface area contributed by atoms with Crippen LogP contribution in [-0.2, 0) is 9.47 Å². The van der Waals surface area contributed by atoms with Gasteiger partial charge in [0.2, 0.25) is 0 Å². The Morgan fingerprint density at radius 2 is 1.76 bits per heavy atom. The maximum absolute atomic E-state index is 12.8. The molecule has 0 aliphatic heterocycles. The Morgan fingerprint density at radius 3 is 2.36 bits per heavy atom. The number of hydrogen-bond donors (Lipinski definition) is 2. The second-order valence-corrected chi connectivity index (χ2v) is 6.02. The molecule has 1 aromatic carbocycles. The van der Waals surface area contributed by atoms with Gasteiger partial charge in [0.1, 0.15) is 11.5 Å². The average molecular weight is 346 g/mol. The van der Waals surface area contributed by atoms with Gasteiger partial charge in [0.05, 0.1) is 30.4 Å². The molecule has 0 amide bonds. The Bertz CT molecular complexity index is 741. The third-order valence-electron chi connectivity index (χ3n) is 3.88. The first-order valence-electron chi connectivity index (χ1n) is 7.96. The third-order valence-corrected chi connectivity index (χ3v) is 3.88. The van der Waals surface area contributed by atoms with Crippen LogP contribution in [0.1, 0.15) is 41.0 Å². The molecule has 0 bridgehead atoms. The summed E-state index contributed by atoms with van der Waals surface area (Å²) >= 11 is 0. The molecule has 6 heteroatoms. The molecule has 25 heavy (non-hydrogen) atoms. The molecule has 0 aromatic heterocycles. The summed E-state index contributed by atoms with van der Waals surface area (Å²) in [5.41, 5.74) is 0.857. The van der Waals surface area contributed by atoms with Crippen LogP contribution in [0.5, 0.6) is 11.5 Å². The first-order chi connectivity index (χ1) is 11.9. The van der Waals surface area contributed by atoms with E-state index in [4.69, 9.17) is 9.47 Å². The van der Waals surface area contributed by atoms with E-state index in [-0.39, 0.29) is 34.8 Å². The lowest BCUT2D eigenvalue weighted by molar-refractivity contribution is 0.0339. The van der Waals surface area contributed by atoms with Gasteiger partial charge in [-0.3, -0.25) is 9.59 Å². The lowest BCUT2D eigenvalue weighted by atomic mass is 9.85. The number of carbonyl (C=O) groups excluding carboxylic acids is 2. The van der Waals surface area contributed by atoms with Crippen molar-refractivity contribution in [3.8, 4) is 11.5 Å². The highest BCUT2D eigenvalue weighted by atomic mass is 16.5. The molecule has 1 aliphatic rings. The second kappa shape index (κ2) is 8.09. The fourth-order valence-corrected chi connectivity index (χ4v) is 2.62. The third kappa shape index (κ3) is 4.15. The Hall–Kier alpha value is -2.44. The van der Waals surface area contributed by atoms with Gasteiger partial charge in [-0.2, -0.15) is 0 Å². The van der Waals surface area contributed by atoms with Crippen LogP contribution in [0, 0.1) is 0 Å². The van der Waals surface area contributed by atoms with Crippen molar-refractivity contribution in [1.29, 1.82) is 0 Å². The molecule has 0 unspecified atom stereocenters. The quantitative estimate of drug-likeness (QED) is 0.448. The molecule has 0 spiro atoms. The number of rotatable bonds is 7. The van der Waals surface area contributed by atoms with Crippen LogP contribution in [0.25, 0.3) is 0 Å². The van der Waals surface area contributed by atoms with E-state index >= 15 is 0 Å². The van der Waals surface area contributed by atoms with E-state index in [1.807, 2.05) is 19.9 Å². The van der Waals surface area contributed by atoms with Crippen molar-refractivity contribution in [2.24, 2.45) is 0 Å². The zero-order valence-corrected chi connectivity index (χ0v) is 14.5. The van der Waals surface area contributed by atoms with E-state index in [0.29, 0.717) is 13.0 Å². The Balaban J connectivity index is 2.41. The van der Waals surface area contributed by atoms with Crippen molar-refractivity contribution in [2.45, 2.75) is 26.4 Å². The molecule has 0 fully saturated rings. The van der Waals surface area contributed by atoms with Crippen LogP contribution in [0.2, 0.25) is 0 Å². The first kappa shape index (κ1) is 18.9. The van der Waals surface area contributed by atoms with Crippen LogP contribution < -0.4 is 0 Å². The van der Waals surface area contributed by atoms with E-state index in [2.05, 4.69) is 0 Å². The molecule has 1 aliphatic carbocycles. The number of ketones is 2. The van der Waals surface area contributed by atoms with E-state index in [1.165, 1.54) is 18.2 Å². The molecule has 134 valence electrons. The van der Waals surface area contributed by atoms with Crippen molar-refractivity contribution >= 4 is 11.6 Å². The Kier molecular flexibility index (Phi) is 6.12. The predicted molar refractivity (Wildman–Crippen MR) is 92.2 cm³/mol. The Labute approximate surface area is 146 Å². The molecule has 1 atom stereocenters. The SMILES string of the molecule is COCCO[C@H](CC=C(C)C)C1=CC(=O)c2c(O)ccc(O)c2C1=O. The van der Waals surface area contributed by atoms with E-state index in [1.54, 1.807) is 7.11 Å². The minimum atomic E-state index is -0.642. The van der Waals surface area contributed by atoms with Crippen LogP contribution in [0.4, 0.5) is 0 Å². The first-order valence-corrected chi connectivity index (χ1v) is 7.96. The highest BCUT2D eigenvalue weighted by molar-refractivity contribution is 6.27. The van der Waals surface area contributed by atoms with Gasteiger partial charge in [-0.15, -0.1) is 0 Å². The lowest BCUT2D eigenvalue weighted by Crippen LogP contribution is -2.28. The largest absolute Gasteiger partial charge is 0.507 e. The average Bonchev–Trinajstić information content (AvgIpc) is 2.56. The smallest absolute Gasteiger partial charge is 0.196 e. The monoisotopic (exact) mass is 346 g/mol. The number of allylic oxidation sites excluding steroid dienone is 2. The van der Waals surface area contributed by atoms with Gasteiger partial charge in [-0.05, 0) is 38.5 Å². The van der Waals surface area contributed by atoms with Crippen LogP contribution in [0.15, 0.2) is 35.4 Å². The number of hydrogen-bond acceptors (Lipinski definition) is 6. The Morgan fingerprint density at radius 1 is 1.12 bits per heavy atom. The summed E-state index contributed by atoms with van der Waals surface area (Å²) in [7, 11) is 1.54. The normalized spacial score (nSPS) is 14.8. The number of fused-ring (bicyclic) bond motifs is 1. The number of Topliss-reactive ketones (excluding diaryl/α,β-unsaturated/α-hetero) is 1. The zero-order chi connectivity index (χ0) is 18.6. The molecular weight excluding hydrogens is 324 g/mol. The number of ether oxygens (including phenoxy) is 2. The van der Waals surface area contributed by atoms with E-state index in [0.717, 1.165) is 5.57 Å². The van der Waals surface area contributed by atoms with Crippen molar-refractivity contribution in [3.05, 3.63) is 46.6 Å². The van der Waals surface area contributed by atoms with Gasteiger partial charge < -0.3 is 19.7 Å². The van der Waals surface area contributed by atoms with Gasteiger partial charge in [0, 0.05) is 12.7 Å². The topological polar surface area (TPSA) is 93.1 Å². The molecule has 6 nitrogen and oxygen atoms in total. The van der Waals surface area contributed by atoms with Crippen LogP contribution in [0.3, 0.4) is 0 Å². The lowest BCUT2D eigenvalue weighted by Gasteiger charge is -2.23. The summed E-state index contributed by atoms with van der Waals surface area (Å²) in [5.74, 6) is -1.72. The van der Waals surface area contributed by atoms with Crippen LogP contribution >= 0.6 is 0 Å². The maximum Gasteiger partial charge on any atom is 0.196 e. The second-order valence-electron chi connectivity index (χ2n) is 6.02. The molecular formula is C19H22O6. The summed E-state index contributed by atoms with van der Waals surface area (Å²) in [6.07, 6.45) is 2.86.